The number of hydrogen-bond donors (Lipinski definition) is 0. The van der Waals surface area contributed by atoms with Gasteiger partial charge in [-0.05, 0) is 30.0 Å². The highest BCUT2D eigenvalue weighted by molar-refractivity contribution is 5.67. The summed E-state index contributed by atoms with van der Waals surface area (Å²) in [7, 11) is 0. The molecular weight excluding hydrogens is 312 g/mol. The fraction of sp³-hybridized carbons (Fsp3) is 0.381. The van der Waals surface area contributed by atoms with Crippen molar-refractivity contribution >= 4 is 6.09 Å². The highest BCUT2D eigenvalue weighted by Crippen LogP contribution is 2.17. The van der Waals surface area contributed by atoms with Crippen molar-refractivity contribution in [1.82, 2.24) is 9.80 Å². The number of rotatable bonds is 5. The monoisotopic (exact) mass is 338 g/mol. The number of carbonyl (C=O) groups is 1. The fourth-order valence-corrected chi connectivity index (χ4v) is 3.24. The van der Waals surface area contributed by atoms with Crippen molar-refractivity contribution in [2.45, 2.75) is 19.9 Å². The molecule has 1 saturated heterocycles. The molecule has 0 spiro atoms. The third-order valence-corrected chi connectivity index (χ3v) is 4.65. The van der Waals surface area contributed by atoms with E-state index in [9.17, 15) is 4.79 Å². The Labute approximate surface area is 150 Å². The van der Waals surface area contributed by atoms with Gasteiger partial charge in [0.15, 0.2) is 0 Å². The topological polar surface area (TPSA) is 32.8 Å². The first-order valence-corrected chi connectivity index (χ1v) is 9.01. The van der Waals surface area contributed by atoms with E-state index in [1.807, 2.05) is 6.92 Å². The van der Waals surface area contributed by atoms with Gasteiger partial charge in [0.2, 0.25) is 0 Å². The summed E-state index contributed by atoms with van der Waals surface area (Å²) in [6.45, 7) is 6.46. The summed E-state index contributed by atoms with van der Waals surface area (Å²) in [6.07, 6.45) is 0.770. The first-order valence-electron chi connectivity index (χ1n) is 9.01. The summed E-state index contributed by atoms with van der Waals surface area (Å²) in [5.41, 5.74) is 4.08. The first kappa shape index (κ1) is 17.5. The van der Waals surface area contributed by atoms with Crippen LogP contribution in [0.15, 0.2) is 54.6 Å². The predicted octanol–water partition coefficient (Wildman–Crippen LogP) is 3.55. The molecule has 4 nitrogen and oxygen atoms in total. The van der Waals surface area contributed by atoms with Gasteiger partial charge in [-0.3, -0.25) is 4.90 Å². The Morgan fingerprint density at radius 2 is 1.56 bits per heavy atom. The summed E-state index contributed by atoms with van der Waals surface area (Å²) < 4.78 is 5.09. The number of amides is 1. The molecule has 0 unspecified atom stereocenters. The van der Waals surface area contributed by atoms with Gasteiger partial charge in [0.05, 0.1) is 6.61 Å². The Bertz CT molecular complexity index is 679. The second-order valence-electron chi connectivity index (χ2n) is 6.39. The number of nitrogens with zero attached hydrogens (tertiary/aromatic N) is 2. The van der Waals surface area contributed by atoms with Crippen LogP contribution >= 0.6 is 0 Å². The van der Waals surface area contributed by atoms with Gasteiger partial charge in [-0.1, -0.05) is 54.6 Å². The Balaban J connectivity index is 1.60. The molecule has 25 heavy (non-hydrogen) atoms. The molecule has 4 heteroatoms. The van der Waals surface area contributed by atoms with Gasteiger partial charge in [-0.2, -0.15) is 0 Å². The van der Waals surface area contributed by atoms with Crippen molar-refractivity contribution in [3.63, 3.8) is 0 Å². The molecule has 2 aromatic rings. The lowest BCUT2D eigenvalue weighted by atomic mass is 9.99. The molecule has 1 heterocycles. The SMILES string of the molecule is CCOC(=O)N1CCN(Cc2ccccc2Cc2ccccc2)CC1. The minimum Gasteiger partial charge on any atom is -0.450 e. The van der Waals surface area contributed by atoms with Crippen LogP contribution in [0, 0.1) is 0 Å². The van der Waals surface area contributed by atoms with Crippen LogP contribution in [-0.4, -0.2) is 48.7 Å². The lowest BCUT2D eigenvalue weighted by molar-refractivity contribution is 0.0778. The Kier molecular flexibility index (Phi) is 6.07. The van der Waals surface area contributed by atoms with Crippen LogP contribution in [0.3, 0.4) is 0 Å². The van der Waals surface area contributed by atoms with Crippen LogP contribution in [0.5, 0.6) is 0 Å². The minimum absolute atomic E-state index is 0.188. The normalized spacial score (nSPS) is 15.2. The highest BCUT2D eigenvalue weighted by atomic mass is 16.6. The van der Waals surface area contributed by atoms with Gasteiger partial charge >= 0.3 is 6.09 Å². The van der Waals surface area contributed by atoms with Crippen molar-refractivity contribution in [3.8, 4) is 0 Å². The van der Waals surface area contributed by atoms with Crippen LogP contribution < -0.4 is 0 Å². The quantitative estimate of drug-likeness (QED) is 0.836. The molecule has 1 aliphatic rings. The number of carbonyl (C=O) groups excluding carboxylic acids is 1. The Hall–Kier alpha value is -2.33. The van der Waals surface area contributed by atoms with Crippen LogP contribution in [0.25, 0.3) is 0 Å². The maximum atomic E-state index is 11.8. The van der Waals surface area contributed by atoms with Crippen LogP contribution in [0.1, 0.15) is 23.6 Å². The van der Waals surface area contributed by atoms with E-state index in [2.05, 4.69) is 59.5 Å². The summed E-state index contributed by atoms with van der Waals surface area (Å²) in [5, 5.41) is 0. The molecule has 3 rings (SSSR count). The molecule has 1 fully saturated rings. The van der Waals surface area contributed by atoms with E-state index >= 15 is 0 Å². The van der Waals surface area contributed by atoms with E-state index < -0.39 is 0 Å². The van der Waals surface area contributed by atoms with Crippen molar-refractivity contribution < 1.29 is 9.53 Å². The third-order valence-electron chi connectivity index (χ3n) is 4.65. The smallest absolute Gasteiger partial charge is 0.409 e. The Morgan fingerprint density at radius 3 is 2.24 bits per heavy atom. The van der Waals surface area contributed by atoms with Crippen molar-refractivity contribution in [2.75, 3.05) is 32.8 Å². The molecular formula is C21H26N2O2. The second-order valence-corrected chi connectivity index (χ2v) is 6.39. The first-order chi connectivity index (χ1) is 12.3. The van der Waals surface area contributed by atoms with E-state index in [-0.39, 0.29) is 6.09 Å². The van der Waals surface area contributed by atoms with E-state index in [1.165, 1.54) is 16.7 Å². The fourth-order valence-electron chi connectivity index (χ4n) is 3.24. The zero-order chi connectivity index (χ0) is 17.5. The third kappa shape index (κ3) is 4.83. The standard InChI is InChI=1S/C21H26N2O2/c1-2-25-21(24)23-14-12-22(13-15-23)17-20-11-7-6-10-19(20)16-18-8-4-3-5-9-18/h3-11H,2,12-17H2,1H3. The molecule has 0 N–H and O–H groups in total. The number of hydrogen-bond acceptors (Lipinski definition) is 3. The molecule has 0 aliphatic carbocycles. The zero-order valence-electron chi connectivity index (χ0n) is 14.9. The number of ether oxygens (including phenoxy) is 1. The number of benzene rings is 2. The molecule has 2 aromatic carbocycles. The lowest BCUT2D eigenvalue weighted by Gasteiger charge is -2.34. The van der Waals surface area contributed by atoms with Gasteiger partial charge in [-0.15, -0.1) is 0 Å². The molecule has 132 valence electrons. The summed E-state index contributed by atoms with van der Waals surface area (Å²) in [6, 6.07) is 19.2. The minimum atomic E-state index is -0.188. The van der Waals surface area contributed by atoms with Crippen molar-refractivity contribution in [2.24, 2.45) is 0 Å². The highest BCUT2D eigenvalue weighted by Gasteiger charge is 2.22. The molecule has 1 amide bonds. The summed E-state index contributed by atoms with van der Waals surface area (Å²) >= 11 is 0. The largest absolute Gasteiger partial charge is 0.450 e. The molecule has 1 aliphatic heterocycles. The molecule has 0 saturated carbocycles. The summed E-state index contributed by atoms with van der Waals surface area (Å²) in [4.78, 5) is 16.0. The molecule has 0 aromatic heterocycles. The maximum Gasteiger partial charge on any atom is 0.409 e. The number of piperazine rings is 1. The van der Waals surface area contributed by atoms with Gasteiger partial charge < -0.3 is 9.64 Å². The van der Waals surface area contributed by atoms with Crippen LogP contribution in [0.4, 0.5) is 4.79 Å². The van der Waals surface area contributed by atoms with Crippen LogP contribution in [-0.2, 0) is 17.7 Å². The van der Waals surface area contributed by atoms with E-state index in [1.54, 1.807) is 4.90 Å². The maximum absolute atomic E-state index is 11.8. The average molecular weight is 338 g/mol. The van der Waals surface area contributed by atoms with Crippen molar-refractivity contribution in [3.05, 3.63) is 71.3 Å². The second kappa shape index (κ2) is 8.67. The molecule has 0 atom stereocenters. The lowest BCUT2D eigenvalue weighted by Crippen LogP contribution is -2.48. The Morgan fingerprint density at radius 1 is 0.920 bits per heavy atom. The van der Waals surface area contributed by atoms with Crippen LogP contribution in [0.2, 0.25) is 0 Å². The van der Waals surface area contributed by atoms with Gasteiger partial charge in [0.25, 0.3) is 0 Å². The van der Waals surface area contributed by atoms with Gasteiger partial charge in [0, 0.05) is 32.7 Å². The van der Waals surface area contributed by atoms with Gasteiger partial charge in [-0.25, -0.2) is 4.79 Å². The van der Waals surface area contributed by atoms with E-state index in [0.29, 0.717) is 6.61 Å². The predicted molar refractivity (Wildman–Crippen MR) is 99.6 cm³/mol. The molecule has 0 radical (unpaired) electrons. The zero-order valence-corrected chi connectivity index (χ0v) is 14.9. The molecule has 0 bridgehead atoms. The summed E-state index contributed by atoms with van der Waals surface area (Å²) in [5.74, 6) is 0. The van der Waals surface area contributed by atoms with E-state index in [4.69, 9.17) is 4.74 Å². The van der Waals surface area contributed by atoms with Crippen molar-refractivity contribution in [1.29, 1.82) is 0 Å². The average Bonchev–Trinajstić information content (AvgIpc) is 2.65. The van der Waals surface area contributed by atoms with E-state index in [0.717, 1.165) is 39.1 Å². The van der Waals surface area contributed by atoms with Gasteiger partial charge in [0.1, 0.15) is 0 Å².